The van der Waals surface area contributed by atoms with Crippen molar-refractivity contribution < 1.29 is 17.9 Å². The summed E-state index contributed by atoms with van der Waals surface area (Å²) in [6.45, 7) is 6.33. The predicted molar refractivity (Wildman–Crippen MR) is 117 cm³/mol. The first-order valence-corrected chi connectivity index (χ1v) is 10.2. The van der Waals surface area contributed by atoms with E-state index in [1.54, 1.807) is 0 Å². The molecule has 7 nitrogen and oxygen atoms in total. The van der Waals surface area contributed by atoms with E-state index in [4.69, 9.17) is 4.74 Å². The van der Waals surface area contributed by atoms with Gasteiger partial charge in [0.2, 0.25) is 17.8 Å². The van der Waals surface area contributed by atoms with E-state index in [2.05, 4.69) is 25.6 Å². The van der Waals surface area contributed by atoms with Crippen molar-refractivity contribution in [3.8, 4) is 0 Å². The van der Waals surface area contributed by atoms with Crippen molar-refractivity contribution in [1.82, 2.24) is 15.0 Å². The highest BCUT2D eigenvalue weighted by molar-refractivity contribution is 5.61. The van der Waals surface area contributed by atoms with Gasteiger partial charge >= 0.3 is 6.18 Å². The number of halogens is 3. The Hall–Kier alpha value is -3.40. The van der Waals surface area contributed by atoms with Gasteiger partial charge in [-0.25, -0.2) is 0 Å². The Balaban J connectivity index is 1.66. The average molecular weight is 444 g/mol. The van der Waals surface area contributed by atoms with Crippen molar-refractivity contribution >= 4 is 29.2 Å². The normalized spacial score (nSPS) is 14.3. The van der Waals surface area contributed by atoms with Crippen LogP contribution in [-0.4, -0.2) is 41.3 Å². The maximum atomic E-state index is 13.1. The minimum absolute atomic E-state index is 0.146. The Kier molecular flexibility index (Phi) is 6.13. The van der Waals surface area contributed by atoms with Gasteiger partial charge in [-0.05, 0) is 55.3 Å². The summed E-state index contributed by atoms with van der Waals surface area (Å²) < 4.78 is 44.6. The molecular weight excluding hydrogens is 421 g/mol. The van der Waals surface area contributed by atoms with Crippen LogP contribution in [0.2, 0.25) is 0 Å². The number of nitrogens with one attached hydrogen (secondary N) is 2. The van der Waals surface area contributed by atoms with Crippen LogP contribution >= 0.6 is 0 Å². The van der Waals surface area contributed by atoms with Crippen LogP contribution in [0.15, 0.2) is 42.5 Å². The Bertz CT molecular complexity index is 1100. The maximum absolute atomic E-state index is 13.1. The van der Waals surface area contributed by atoms with Crippen LogP contribution in [-0.2, 0) is 10.9 Å². The van der Waals surface area contributed by atoms with Crippen LogP contribution in [0.1, 0.15) is 16.7 Å². The van der Waals surface area contributed by atoms with E-state index in [-0.39, 0.29) is 11.6 Å². The fraction of sp³-hybridized carbons (Fsp3) is 0.318. The van der Waals surface area contributed by atoms with Crippen molar-refractivity contribution in [1.29, 1.82) is 0 Å². The van der Waals surface area contributed by atoms with E-state index in [0.29, 0.717) is 38.2 Å². The quantitative estimate of drug-likeness (QED) is 0.584. The molecular formula is C22H23F3N6O. The van der Waals surface area contributed by atoms with Gasteiger partial charge in [0.25, 0.3) is 0 Å². The summed E-state index contributed by atoms with van der Waals surface area (Å²) >= 11 is 0. The van der Waals surface area contributed by atoms with E-state index >= 15 is 0 Å². The van der Waals surface area contributed by atoms with Gasteiger partial charge in [0.15, 0.2) is 0 Å². The Morgan fingerprint density at radius 3 is 2.12 bits per heavy atom. The number of benzene rings is 2. The van der Waals surface area contributed by atoms with Crippen LogP contribution in [0.4, 0.5) is 42.4 Å². The summed E-state index contributed by atoms with van der Waals surface area (Å²) in [4.78, 5) is 15.3. The molecule has 0 amide bonds. The highest BCUT2D eigenvalue weighted by atomic mass is 19.4. The van der Waals surface area contributed by atoms with Crippen molar-refractivity contribution in [2.75, 3.05) is 41.8 Å². The number of rotatable bonds is 5. The molecule has 1 aliphatic heterocycles. The third kappa shape index (κ3) is 5.25. The lowest BCUT2D eigenvalue weighted by atomic mass is 10.1. The molecule has 0 bridgehead atoms. The molecule has 2 heterocycles. The summed E-state index contributed by atoms with van der Waals surface area (Å²) in [5.41, 5.74) is 2.55. The Labute approximate surface area is 183 Å². The predicted octanol–water partition coefficient (Wildman–Crippen LogP) is 4.83. The summed E-state index contributed by atoms with van der Waals surface area (Å²) in [6.07, 6.45) is -4.44. The second-order valence-electron chi connectivity index (χ2n) is 7.51. The second kappa shape index (κ2) is 8.99. The number of aromatic nitrogens is 3. The summed E-state index contributed by atoms with van der Waals surface area (Å²) in [5, 5.41) is 6.06. The number of hydrogen-bond acceptors (Lipinski definition) is 7. The number of alkyl halides is 3. The molecule has 0 saturated carbocycles. The maximum Gasteiger partial charge on any atom is 0.416 e. The average Bonchev–Trinajstić information content (AvgIpc) is 2.76. The van der Waals surface area contributed by atoms with Crippen LogP contribution in [0.3, 0.4) is 0 Å². The molecule has 1 aromatic heterocycles. The minimum Gasteiger partial charge on any atom is -0.378 e. The monoisotopic (exact) mass is 444 g/mol. The lowest BCUT2D eigenvalue weighted by molar-refractivity contribution is -0.137. The molecule has 2 aromatic carbocycles. The highest BCUT2D eigenvalue weighted by Crippen LogP contribution is 2.31. The van der Waals surface area contributed by atoms with E-state index in [1.807, 2.05) is 36.9 Å². The zero-order valence-electron chi connectivity index (χ0n) is 17.7. The van der Waals surface area contributed by atoms with Crippen molar-refractivity contribution in [2.24, 2.45) is 0 Å². The molecule has 32 heavy (non-hydrogen) atoms. The van der Waals surface area contributed by atoms with E-state index in [1.165, 1.54) is 12.1 Å². The van der Waals surface area contributed by atoms with Crippen LogP contribution in [0.5, 0.6) is 0 Å². The molecule has 4 rings (SSSR count). The first kappa shape index (κ1) is 21.8. The largest absolute Gasteiger partial charge is 0.416 e. The van der Waals surface area contributed by atoms with Gasteiger partial charge in [-0.1, -0.05) is 12.1 Å². The second-order valence-corrected chi connectivity index (χ2v) is 7.51. The first-order valence-electron chi connectivity index (χ1n) is 10.2. The van der Waals surface area contributed by atoms with Crippen LogP contribution < -0.4 is 15.5 Å². The third-order valence-corrected chi connectivity index (χ3v) is 5.13. The lowest BCUT2D eigenvalue weighted by Gasteiger charge is -2.27. The first-order chi connectivity index (χ1) is 15.3. The fourth-order valence-corrected chi connectivity index (χ4v) is 3.23. The number of anilines is 5. The molecule has 0 atom stereocenters. The van der Waals surface area contributed by atoms with Crippen LogP contribution in [0, 0.1) is 13.8 Å². The standard InChI is InChI=1S/C22H23F3N6O/c1-14-6-7-18(12-15(14)2)27-20-28-19(29-21(30-20)31-8-10-32-11-9-31)26-17-5-3-4-16(13-17)22(23,24)25/h3-7,12-13H,8-11H2,1-2H3,(H2,26,27,28,29,30). The number of ether oxygens (including phenoxy) is 1. The van der Waals surface area contributed by atoms with Crippen LogP contribution in [0.25, 0.3) is 0 Å². The smallest absolute Gasteiger partial charge is 0.378 e. The van der Waals surface area contributed by atoms with E-state index in [9.17, 15) is 13.2 Å². The summed E-state index contributed by atoms with van der Waals surface area (Å²) in [6, 6.07) is 10.8. The van der Waals surface area contributed by atoms with Crippen molar-refractivity contribution in [2.45, 2.75) is 20.0 Å². The number of hydrogen-bond donors (Lipinski definition) is 2. The fourth-order valence-electron chi connectivity index (χ4n) is 3.23. The number of morpholine rings is 1. The number of nitrogens with zero attached hydrogens (tertiary/aromatic N) is 4. The summed E-state index contributed by atoms with van der Waals surface area (Å²) in [7, 11) is 0. The molecule has 1 aliphatic rings. The SMILES string of the molecule is Cc1ccc(Nc2nc(Nc3cccc(C(F)(F)F)c3)nc(N3CCOCC3)n2)cc1C. The molecule has 0 spiro atoms. The molecule has 3 aromatic rings. The van der Waals surface area contributed by atoms with Gasteiger partial charge in [-0.15, -0.1) is 0 Å². The van der Waals surface area contributed by atoms with E-state index in [0.717, 1.165) is 28.9 Å². The van der Waals surface area contributed by atoms with Gasteiger partial charge in [-0.3, -0.25) is 0 Å². The lowest BCUT2D eigenvalue weighted by Crippen LogP contribution is -2.37. The van der Waals surface area contributed by atoms with Gasteiger partial charge in [0.1, 0.15) is 0 Å². The molecule has 1 saturated heterocycles. The molecule has 168 valence electrons. The minimum atomic E-state index is -4.44. The van der Waals surface area contributed by atoms with Gasteiger partial charge in [0.05, 0.1) is 18.8 Å². The van der Waals surface area contributed by atoms with Crippen molar-refractivity contribution in [3.63, 3.8) is 0 Å². The zero-order chi connectivity index (χ0) is 22.7. The molecule has 2 N–H and O–H groups in total. The van der Waals surface area contributed by atoms with Crippen molar-refractivity contribution in [3.05, 3.63) is 59.2 Å². The molecule has 0 aliphatic carbocycles. The number of aryl methyl sites for hydroxylation is 2. The summed E-state index contributed by atoms with van der Waals surface area (Å²) in [5.74, 6) is 0.857. The molecule has 0 unspecified atom stereocenters. The van der Waals surface area contributed by atoms with Gasteiger partial charge in [-0.2, -0.15) is 28.1 Å². The molecule has 1 fully saturated rings. The van der Waals surface area contributed by atoms with E-state index < -0.39 is 11.7 Å². The molecule has 0 radical (unpaired) electrons. The zero-order valence-corrected chi connectivity index (χ0v) is 17.7. The Morgan fingerprint density at radius 2 is 1.50 bits per heavy atom. The molecule has 10 heteroatoms. The Morgan fingerprint density at radius 1 is 0.844 bits per heavy atom. The van der Waals surface area contributed by atoms with Gasteiger partial charge < -0.3 is 20.3 Å². The highest BCUT2D eigenvalue weighted by Gasteiger charge is 2.30. The topological polar surface area (TPSA) is 75.2 Å². The van der Waals surface area contributed by atoms with Gasteiger partial charge in [0, 0.05) is 24.5 Å². The third-order valence-electron chi connectivity index (χ3n) is 5.13.